The van der Waals surface area contributed by atoms with Gasteiger partial charge in [0.1, 0.15) is 5.82 Å². The molecule has 1 N–H and O–H groups in total. The second-order valence-corrected chi connectivity index (χ2v) is 9.41. The fourth-order valence-corrected chi connectivity index (χ4v) is 3.77. The van der Waals surface area contributed by atoms with Crippen LogP contribution >= 0.6 is 11.6 Å². The number of amides is 1. The van der Waals surface area contributed by atoms with E-state index in [-0.39, 0.29) is 33.8 Å². The van der Waals surface area contributed by atoms with Gasteiger partial charge in [0, 0.05) is 0 Å². The van der Waals surface area contributed by atoms with Crippen molar-refractivity contribution in [2.24, 2.45) is 0 Å². The average Bonchev–Trinajstić information content (AvgIpc) is 3.08. The molecule has 0 saturated carbocycles. The highest BCUT2D eigenvalue weighted by molar-refractivity contribution is 7.92. The van der Waals surface area contributed by atoms with E-state index in [0.717, 1.165) is 17.7 Å². The largest absolute Gasteiger partial charge is 0.407 e. The number of aromatic nitrogens is 2. The van der Waals surface area contributed by atoms with Gasteiger partial charge in [0.05, 0.1) is 27.2 Å². The molecule has 3 aromatic rings. The third-order valence-electron chi connectivity index (χ3n) is 4.09. The van der Waals surface area contributed by atoms with Crippen molar-refractivity contribution >= 4 is 33.4 Å². The fraction of sp³-hybridized carbons (Fsp3) is 0.211. The maximum absolute atomic E-state index is 13.1. The number of rotatable bonds is 6. The molecule has 152 valence electrons. The lowest BCUT2D eigenvalue weighted by molar-refractivity contribution is 0.102. The summed E-state index contributed by atoms with van der Waals surface area (Å²) in [5.41, 5.74) is 0.825. The second kappa shape index (κ2) is 8.30. The molecule has 0 aliphatic carbocycles. The molecule has 10 heteroatoms. The standard InChI is InChI=1S/C19H17ClFN3O4S/c1-11(2)29(26,27)14-6-3-12(4-7-14)9-17-23-24-19(28-17)22-18(25)15-8-5-13(21)10-16(15)20/h3-8,10-11H,9H2,1-2H3,(H,22,24,25). The van der Waals surface area contributed by atoms with E-state index >= 15 is 0 Å². The molecule has 0 fully saturated rings. The number of nitrogens with one attached hydrogen (secondary N) is 1. The van der Waals surface area contributed by atoms with Crippen LogP contribution in [0.25, 0.3) is 0 Å². The molecule has 3 rings (SSSR count). The van der Waals surface area contributed by atoms with E-state index in [0.29, 0.717) is 0 Å². The summed E-state index contributed by atoms with van der Waals surface area (Å²) in [6.45, 7) is 3.24. The molecule has 0 atom stereocenters. The average molecular weight is 438 g/mol. The van der Waals surface area contributed by atoms with Crippen molar-refractivity contribution < 1.29 is 22.0 Å². The number of hydrogen-bond acceptors (Lipinski definition) is 6. The highest BCUT2D eigenvalue weighted by Crippen LogP contribution is 2.20. The van der Waals surface area contributed by atoms with Crippen LogP contribution in [0, 0.1) is 5.82 Å². The van der Waals surface area contributed by atoms with Crippen LogP contribution in [-0.2, 0) is 16.3 Å². The third-order valence-corrected chi connectivity index (χ3v) is 6.57. The predicted octanol–water partition coefficient (Wildman–Crippen LogP) is 3.89. The number of benzene rings is 2. The quantitative estimate of drug-likeness (QED) is 0.627. The molecule has 0 spiro atoms. The maximum Gasteiger partial charge on any atom is 0.322 e. The first kappa shape index (κ1) is 20.9. The Morgan fingerprint density at radius 2 is 1.86 bits per heavy atom. The van der Waals surface area contributed by atoms with Gasteiger partial charge in [-0.05, 0) is 49.7 Å². The molecule has 1 amide bonds. The number of anilines is 1. The van der Waals surface area contributed by atoms with Crippen molar-refractivity contribution in [3.63, 3.8) is 0 Å². The molecule has 0 aliphatic rings. The zero-order valence-corrected chi connectivity index (χ0v) is 17.1. The summed E-state index contributed by atoms with van der Waals surface area (Å²) >= 11 is 5.86. The first-order valence-corrected chi connectivity index (χ1v) is 10.5. The summed E-state index contributed by atoms with van der Waals surface area (Å²) in [6.07, 6.45) is 0.252. The number of sulfone groups is 1. The normalized spacial score (nSPS) is 11.6. The van der Waals surface area contributed by atoms with E-state index in [1.54, 1.807) is 26.0 Å². The molecule has 0 bridgehead atoms. The van der Waals surface area contributed by atoms with Crippen molar-refractivity contribution in [1.82, 2.24) is 10.2 Å². The van der Waals surface area contributed by atoms with Crippen LogP contribution in [0.15, 0.2) is 51.8 Å². The maximum atomic E-state index is 13.1. The number of halogens is 2. The molecule has 1 aromatic heterocycles. The van der Waals surface area contributed by atoms with E-state index in [2.05, 4.69) is 15.5 Å². The molecule has 0 unspecified atom stereocenters. The zero-order valence-electron chi connectivity index (χ0n) is 15.5. The van der Waals surface area contributed by atoms with Gasteiger partial charge in [0.25, 0.3) is 5.91 Å². The van der Waals surface area contributed by atoms with E-state index in [1.807, 2.05) is 0 Å². The minimum absolute atomic E-state index is 0.0429. The predicted molar refractivity (Wildman–Crippen MR) is 105 cm³/mol. The first-order chi connectivity index (χ1) is 13.7. The number of nitrogens with zero attached hydrogens (tertiary/aromatic N) is 2. The molecule has 0 radical (unpaired) electrons. The first-order valence-electron chi connectivity index (χ1n) is 8.58. The Labute approximate surface area is 171 Å². The van der Waals surface area contributed by atoms with Gasteiger partial charge in [0.2, 0.25) is 5.89 Å². The third kappa shape index (κ3) is 4.80. The summed E-state index contributed by atoms with van der Waals surface area (Å²) in [4.78, 5) is 12.4. The van der Waals surface area contributed by atoms with Gasteiger partial charge in [-0.1, -0.05) is 28.8 Å². The lowest BCUT2D eigenvalue weighted by atomic mass is 10.1. The highest BCUT2D eigenvalue weighted by Gasteiger charge is 2.19. The molecule has 7 nitrogen and oxygen atoms in total. The second-order valence-electron chi connectivity index (χ2n) is 6.49. The van der Waals surface area contributed by atoms with Gasteiger partial charge in [-0.15, -0.1) is 5.10 Å². The van der Waals surface area contributed by atoms with E-state index < -0.39 is 26.8 Å². The van der Waals surface area contributed by atoms with Gasteiger partial charge >= 0.3 is 6.01 Å². The SMILES string of the molecule is CC(C)S(=O)(=O)c1ccc(Cc2nnc(NC(=O)c3ccc(F)cc3Cl)o2)cc1. The van der Waals surface area contributed by atoms with Crippen LogP contribution in [-0.4, -0.2) is 29.8 Å². The fourth-order valence-electron chi connectivity index (χ4n) is 2.46. The van der Waals surface area contributed by atoms with Crippen molar-refractivity contribution in [2.45, 2.75) is 30.4 Å². The Bertz CT molecular complexity index is 1140. The summed E-state index contributed by atoms with van der Waals surface area (Å²) in [6, 6.07) is 9.63. The van der Waals surface area contributed by atoms with Crippen LogP contribution in [0.3, 0.4) is 0 Å². The molecule has 2 aromatic carbocycles. The Morgan fingerprint density at radius 3 is 2.48 bits per heavy atom. The molecule has 1 heterocycles. The lowest BCUT2D eigenvalue weighted by Crippen LogP contribution is -2.13. The van der Waals surface area contributed by atoms with Crippen molar-refractivity contribution in [1.29, 1.82) is 0 Å². The van der Waals surface area contributed by atoms with Crippen LogP contribution < -0.4 is 5.32 Å². The van der Waals surface area contributed by atoms with E-state index in [9.17, 15) is 17.6 Å². The van der Waals surface area contributed by atoms with Crippen LogP contribution in [0.2, 0.25) is 5.02 Å². The molecular formula is C19H17ClFN3O4S. The Balaban J connectivity index is 1.68. The molecule has 29 heavy (non-hydrogen) atoms. The van der Waals surface area contributed by atoms with Gasteiger partial charge in [-0.25, -0.2) is 12.8 Å². The lowest BCUT2D eigenvalue weighted by Gasteiger charge is -2.08. The Kier molecular flexibility index (Phi) is 5.99. The monoisotopic (exact) mass is 437 g/mol. The summed E-state index contributed by atoms with van der Waals surface area (Å²) in [7, 11) is -3.34. The smallest absolute Gasteiger partial charge is 0.322 e. The van der Waals surface area contributed by atoms with E-state index in [1.165, 1.54) is 18.2 Å². The molecule has 0 saturated heterocycles. The number of carbonyl (C=O) groups is 1. The van der Waals surface area contributed by atoms with Crippen LogP contribution in [0.1, 0.15) is 35.7 Å². The van der Waals surface area contributed by atoms with Crippen molar-refractivity contribution in [2.75, 3.05) is 5.32 Å². The van der Waals surface area contributed by atoms with Crippen molar-refractivity contribution in [3.8, 4) is 0 Å². The molecular weight excluding hydrogens is 421 g/mol. The zero-order chi connectivity index (χ0) is 21.2. The minimum atomic E-state index is -3.34. The van der Waals surface area contributed by atoms with E-state index in [4.69, 9.17) is 16.0 Å². The van der Waals surface area contributed by atoms with Gasteiger partial charge in [-0.2, -0.15) is 0 Å². The van der Waals surface area contributed by atoms with Gasteiger partial charge in [-0.3, -0.25) is 10.1 Å². The number of carbonyl (C=O) groups excluding carboxylic acids is 1. The van der Waals surface area contributed by atoms with Crippen molar-refractivity contribution in [3.05, 3.63) is 70.3 Å². The Hall–Kier alpha value is -2.78. The van der Waals surface area contributed by atoms with Crippen LogP contribution in [0.5, 0.6) is 0 Å². The highest BCUT2D eigenvalue weighted by atomic mass is 35.5. The Morgan fingerprint density at radius 1 is 1.17 bits per heavy atom. The summed E-state index contributed by atoms with van der Waals surface area (Å²) in [5.74, 6) is -0.947. The minimum Gasteiger partial charge on any atom is -0.407 e. The number of hydrogen-bond donors (Lipinski definition) is 1. The summed E-state index contributed by atoms with van der Waals surface area (Å²) < 4.78 is 42.8. The van der Waals surface area contributed by atoms with Gasteiger partial charge < -0.3 is 4.42 Å². The molecule has 0 aliphatic heterocycles. The topological polar surface area (TPSA) is 102 Å². The van der Waals surface area contributed by atoms with Gasteiger partial charge in [0.15, 0.2) is 9.84 Å². The summed E-state index contributed by atoms with van der Waals surface area (Å²) in [5, 5.41) is 9.44. The van der Waals surface area contributed by atoms with Crippen LogP contribution in [0.4, 0.5) is 10.4 Å².